The van der Waals surface area contributed by atoms with E-state index in [-0.39, 0.29) is 5.91 Å². The fraction of sp³-hybridized carbons (Fsp3) is 0.583. The Morgan fingerprint density at radius 1 is 1.50 bits per heavy atom. The lowest BCUT2D eigenvalue weighted by Gasteiger charge is -2.27. The Kier molecular flexibility index (Phi) is 4.10. The zero-order valence-electron chi connectivity index (χ0n) is 10.3. The number of hydrogen-bond acceptors (Lipinski definition) is 3. The van der Waals surface area contributed by atoms with E-state index in [9.17, 15) is 9.90 Å². The van der Waals surface area contributed by atoms with Crippen LogP contribution in [0.5, 0.6) is 0 Å². The maximum absolute atomic E-state index is 12.1. The van der Waals surface area contributed by atoms with Gasteiger partial charge in [-0.3, -0.25) is 4.79 Å². The zero-order chi connectivity index (χ0) is 12.3. The molecule has 0 spiro atoms. The fourth-order valence-corrected chi connectivity index (χ4v) is 2.34. The van der Waals surface area contributed by atoms with Gasteiger partial charge in [0.1, 0.15) is 0 Å². The maximum Gasteiger partial charge on any atom is 0.264 e. The summed E-state index contributed by atoms with van der Waals surface area (Å²) >= 11 is 1.49. The van der Waals surface area contributed by atoms with Crippen molar-refractivity contribution in [3.8, 4) is 0 Å². The van der Waals surface area contributed by atoms with Gasteiger partial charge >= 0.3 is 0 Å². The molecule has 90 valence electrons. The number of thiophene rings is 1. The number of aliphatic hydroxyl groups is 1. The van der Waals surface area contributed by atoms with E-state index in [0.29, 0.717) is 13.1 Å². The van der Waals surface area contributed by atoms with Gasteiger partial charge in [0.05, 0.1) is 10.5 Å². The molecule has 1 rings (SSSR count). The Morgan fingerprint density at radius 3 is 2.50 bits per heavy atom. The van der Waals surface area contributed by atoms with Crippen LogP contribution in [0.15, 0.2) is 12.1 Å². The van der Waals surface area contributed by atoms with Crippen LogP contribution in [0.4, 0.5) is 0 Å². The number of nitrogens with zero attached hydrogens (tertiary/aromatic N) is 1. The lowest BCUT2D eigenvalue weighted by molar-refractivity contribution is 0.0317. The second kappa shape index (κ2) is 4.97. The molecule has 0 saturated carbocycles. The van der Waals surface area contributed by atoms with Crippen molar-refractivity contribution < 1.29 is 9.90 Å². The van der Waals surface area contributed by atoms with Gasteiger partial charge in [-0.2, -0.15) is 0 Å². The Hall–Kier alpha value is -0.870. The van der Waals surface area contributed by atoms with Crippen LogP contribution in [0.3, 0.4) is 0 Å². The summed E-state index contributed by atoms with van der Waals surface area (Å²) in [4.78, 5) is 15.6. The normalized spacial score (nSPS) is 11.6. The van der Waals surface area contributed by atoms with Crippen molar-refractivity contribution in [1.82, 2.24) is 4.90 Å². The summed E-state index contributed by atoms with van der Waals surface area (Å²) in [6.07, 6.45) is 0. The van der Waals surface area contributed by atoms with E-state index in [4.69, 9.17) is 0 Å². The molecule has 1 heterocycles. The lowest BCUT2D eigenvalue weighted by atomic mass is 10.1. The van der Waals surface area contributed by atoms with Gasteiger partial charge in [0.2, 0.25) is 0 Å². The minimum Gasteiger partial charge on any atom is -0.389 e. The first kappa shape index (κ1) is 13.2. The summed E-state index contributed by atoms with van der Waals surface area (Å²) in [5, 5.41) is 9.73. The highest BCUT2D eigenvalue weighted by Crippen LogP contribution is 2.18. The van der Waals surface area contributed by atoms with Gasteiger partial charge in [0.15, 0.2) is 0 Å². The van der Waals surface area contributed by atoms with Crippen LogP contribution < -0.4 is 0 Å². The van der Waals surface area contributed by atoms with E-state index < -0.39 is 5.60 Å². The molecule has 0 saturated heterocycles. The quantitative estimate of drug-likeness (QED) is 0.878. The van der Waals surface area contributed by atoms with Gasteiger partial charge in [0, 0.05) is 18.0 Å². The molecule has 1 N–H and O–H groups in total. The van der Waals surface area contributed by atoms with Gasteiger partial charge in [0.25, 0.3) is 5.91 Å². The Balaban J connectivity index is 2.78. The molecule has 1 amide bonds. The second-order valence-corrected chi connectivity index (χ2v) is 5.83. The van der Waals surface area contributed by atoms with Crippen LogP contribution in [0.25, 0.3) is 0 Å². The molecule has 1 aromatic heterocycles. The molecular weight excluding hydrogens is 222 g/mol. The van der Waals surface area contributed by atoms with Crippen LogP contribution in [-0.4, -0.2) is 34.6 Å². The van der Waals surface area contributed by atoms with Crippen molar-refractivity contribution in [3.63, 3.8) is 0 Å². The first-order chi connectivity index (χ1) is 7.33. The van der Waals surface area contributed by atoms with Crippen LogP contribution >= 0.6 is 11.3 Å². The average Bonchev–Trinajstić information content (AvgIpc) is 2.58. The highest BCUT2D eigenvalue weighted by atomic mass is 32.1. The third kappa shape index (κ3) is 3.61. The summed E-state index contributed by atoms with van der Waals surface area (Å²) in [7, 11) is 0. The molecule has 0 aromatic carbocycles. The largest absolute Gasteiger partial charge is 0.389 e. The van der Waals surface area contributed by atoms with E-state index in [2.05, 4.69) is 0 Å². The molecule has 0 radical (unpaired) electrons. The van der Waals surface area contributed by atoms with Crippen molar-refractivity contribution in [2.45, 2.75) is 33.3 Å². The summed E-state index contributed by atoms with van der Waals surface area (Å²) in [6.45, 7) is 8.29. The Labute approximate surface area is 101 Å². The third-order valence-corrected chi connectivity index (χ3v) is 3.19. The maximum atomic E-state index is 12.1. The summed E-state index contributed by atoms with van der Waals surface area (Å²) in [5.41, 5.74) is -0.849. The average molecular weight is 241 g/mol. The van der Waals surface area contributed by atoms with Crippen LogP contribution in [0.1, 0.15) is 35.3 Å². The Bertz CT molecular complexity index is 365. The first-order valence-electron chi connectivity index (χ1n) is 5.41. The number of carbonyl (C=O) groups is 1. The topological polar surface area (TPSA) is 40.5 Å². The number of aryl methyl sites for hydroxylation is 1. The number of likely N-dealkylation sites (N-methyl/N-ethyl adjacent to an activating group) is 1. The van der Waals surface area contributed by atoms with Crippen LogP contribution in [0, 0.1) is 6.92 Å². The van der Waals surface area contributed by atoms with Gasteiger partial charge in [-0.25, -0.2) is 0 Å². The smallest absolute Gasteiger partial charge is 0.264 e. The van der Waals surface area contributed by atoms with Crippen molar-refractivity contribution in [2.24, 2.45) is 0 Å². The van der Waals surface area contributed by atoms with Gasteiger partial charge in [-0.1, -0.05) is 0 Å². The van der Waals surface area contributed by atoms with E-state index in [1.54, 1.807) is 18.7 Å². The molecular formula is C12H19NO2S. The van der Waals surface area contributed by atoms with Crippen molar-refractivity contribution in [1.29, 1.82) is 0 Å². The van der Waals surface area contributed by atoms with Gasteiger partial charge in [-0.05, 0) is 39.8 Å². The summed E-state index contributed by atoms with van der Waals surface area (Å²) in [5.74, 6) is 0.00252. The standard InChI is InChI=1S/C12H19NO2S/c1-5-13(8-12(3,4)15)11(14)10-7-6-9(2)16-10/h6-7,15H,5,8H2,1-4H3. The van der Waals surface area contributed by atoms with Crippen molar-refractivity contribution in [2.75, 3.05) is 13.1 Å². The highest BCUT2D eigenvalue weighted by Gasteiger charge is 2.22. The van der Waals surface area contributed by atoms with E-state index in [0.717, 1.165) is 9.75 Å². The number of hydrogen-bond donors (Lipinski definition) is 1. The van der Waals surface area contributed by atoms with Crippen molar-refractivity contribution >= 4 is 17.2 Å². The Morgan fingerprint density at radius 2 is 2.12 bits per heavy atom. The molecule has 0 aliphatic carbocycles. The molecule has 1 aromatic rings. The third-order valence-electron chi connectivity index (χ3n) is 2.20. The monoisotopic (exact) mass is 241 g/mol. The summed E-state index contributed by atoms with van der Waals surface area (Å²) in [6, 6.07) is 3.78. The molecule has 0 aliphatic heterocycles. The molecule has 0 aliphatic rings. The van der Waals surface area contributed by atoms with E-state index in [1.165, 1.54) is 11.3 Å². The summed E-state index contributed by atoms with van der Waals surface area (Å²) < 4.78 is 0. The molecule has 0 fully saturated rings. The van der Waals surface area contributed by atoms with Crippen LogP contribution in [-0.2, 0) is 0 Å². The molecule has 16 heavy (non-hydrogen) atoms. The van der Waals surface area contributed by atoms with Crippen LogP contribution in [0.2, 0.25) is 0 Å². The lowest BCUT2D eigenvalue weighted by Crippen LogP contribution is -2.41. The first-order valence-corrected chi connectivity index (χ1v) is 6.23. The zero-order valence-corrected chi connectivity index (χ0v) is 11.1. The molecule has 4 heteroatoms. The van der Waals surface area contributed by atoms with Gasteiger partial charge < -0.3 is 10.0 Å². The SMILES string of the molecule is CCN(CC(C)(C)O)C(=O)c1ccc(C)s1. The fourth-order valence-electron chi connectivity index (χ4n) is 1.50. The van der Waals surface area contributed by atoms with Gasteiger partial charge in [-0.15, -0.1) is 11.3 Å². The minimum atomic E-state index is -0.849. The number of amides is 1. The molecule has 0 atom stereocenters. The molecule has 0 bridgehead atoms. The number of carbonyl (C=O) groups excluding carboxylic acids is 1. The number of rotatable bonds is 4. The predicted octanol–water partition coefficient (Wildman–Crippen LogP) is 2.29. The van der Waals surface area contributed by atoms with Crippen molar-refractivity contribution in [3.05, 3.63) is 21.9 Å². The molecule has 0 unspecified atom stereocenters. The highest BCUT2D eigenvalue weighted by molar-refractivity contribution is 7.13. The van der Waals surface area contributed by atoms with E-state index in [1.807, 2.05) is 26.0 Å². The molecule has 3 nitrogen and oxygen atoms in total. The van der Waals surface area contributed by atoms with E-state index >= 15 is 0 Å². The second-order valence-electron chi connectivity index (χ2n) is 4.54. The predicted molar refractivity (Wildman–Crippen MR) is 66.9 cm³/mol. The minimum absolute atomic E-state index is 0.00252.